The molecule has 1 atom stereocenters. The van der Waals surface area contributed by atoms with Crippen LogP contribution in [0.15, 0.2) is 33.2 Å². The van der Waals surface area contributed by atoms with Crippen LogP contribution in [-0.2, 0) is 29.0 Å². The van der Waals surface area contributed by atoms with Gasteiger partial charge in [-0.3, -0.25) is 4.68 Å². The number of hydrogen-bond donors (Lipinski definition) is 3. The van der Waals surface area contributed by atoms with Crippen LogP contribution in [0.1, 0.15) is 31.2 Å². The lowest BCUT2D eigenvalue weighted by atomic mass is 10.1. The van der Waals surface area contributed by atoms with Crippen molar-refractivity contribution >= 4 is 43.9 Å². The molecular formula is C17H22N6O3S2. The molecule has 0 saturated heterocycles. The van der Waals surface area contributed by atoms with Crippen molar-refractivity contribution < 1.29 is 14.1 Å². The molecule has 2 heterocycles. The molecule has 0 saturated carbocycles. The Labute approximate surface area is 166 Å². The summed E-state index contributed by atoms with van der Waals surface area (Å²) < 4.78 is 18.0. The topological polar surface area (TPSA) is 135 Å². The normalized spacial score (nSPS) is 14.1. The number of carbonyl (C=O) groups is 1. The number of thiazole rings is 1. The third kappa shape index (κ3) is 4.07. The maximum Gasteiger partial charge on any atom is 0.355 e. The van der Waals surface area contributed by atoms with Gasteiger partial charge in [0.25, 0.3) is 0 Å². The molecule has 0 radical (unpaired) electrons. The average molecular weight is 423 g/mol. The minimum absolute atomic E-state index is 0.0217. The first-order valence-corrected chi connectivity index (χ1v) is 10.9. The number of hydrogen-bond acceptors (Lipinski definition) is 6. The third-order valence-electron chi connectivity index (χ3n) is 4.05. The second-order valence-corrected chi connectivity index (χ2v) is 9.83. The zero-order valence-corrected chi connectivity index (χ0v) is 17.6. The number of urea groups is 1. The highest BCUT2D eigenvalue weighted by Gasteiger charge is 2.23. The number of amides is 2. The molecule has 0 aliphatic heterocycles. The number of anilines is 1. The Hall–Kier alpha value is -2.34. The van der Waals surface area contributed by atoms with Gasteiger partial charge in [0, 0.05) is 24.8 Å². The van der Waals surface area contributed by atoms with E-state index in [1.54, 1.807) is 25.6 Å². The highest BCUT2D eigenvalue weighted by Crippen LogP contribution is 2.29. The van der Waals surface area contributed by atoms with E-state index in [9.17, 15) is 14.1 Å². The Bertz CT molecular complexity index is 1170. The maximum absolute atomic E-state index is 12.7. The van der Waals surface area contributed by atoms with Crippen molar-refractivity contribution in [3.05, 3.63) is 35.0 Å². The van der Waals surface area contributed by atoms with Gasteiger partial charge in [0.05, 0.1) is 16.2 Å². The summed E-state index contributed by atoms with van der Waals surface area (Å²) in [5, 5.41) is 23.7. The second kappa shape index (κ2) is 7.24. The van der Waals surface area contributed by atoms with E-state index in [0.717, 1.165) is 22.3 Å². The molecule has 150 valence electrons. The minimum atomic E-state index is -3.55. The van der Waals surface area contributed by atoms with Gasteiger partial charge in [0.1, 0.15) is 5.52 Å². The van der Waals surface area contributed by atoms with E-state index in [1.165, 1.54) is 6.20 Å². The zero-order chi connectivity index (χ0) is 20.7. The first kappa shape index (κ1) is 20.4. The van der Waals surface area contributed by atoms with Crippen LogP contribution < -0.4 is 10.5 Å². The van der Waals surface area contributed by atoms with Crippen molar-refractivity contribution in [1.29, 1.82) is 0 Å². The van der Waals surface area contributed by atoms with Crippen LogP contribution in [0.2, 0.25) is 0 Å². The van der Waals surface area contributed by atoms with Gasteiger partial charge in [-0.15, -0.1) is 15.7 Å². The van der Waals surface area contributed by atoms with E-state index in [4.69, 9.17) is 5.14 Å². The number of rotatable bonds is 4. The van der Waals surface area contributed by atoms with Crippen LogP contribution in [0.4, 0.5) is 10.5 Å². The van der Waals surface area contributed by atoms with E-state index in [2.05, 4.69) is 19.8 Å². The fourth-order valence-corrected chi connectivity index (χ4v) is 4.73. The number of nitrogens with zero attached hydrogens (tertiary/aromatic N) is 4. The number of nitrogens with two attached hydrogens (primary N) is 1. The van der Waals surface area contributed by atoms with Crippen LogP contribution >= 0.6 is 11.3 Å². The quantitative estimate of drug-likeness (QED) is 0.594. The first-order valence-electron chi connectivity index (χ1n) is 8.51. The van der Waals surface area contributed by atoms with Crippen molar-refractivity contribution in [2.75, 3.05) is 5.32 Å². The van der Waals surface area contributed by atoms with Gasteiger partial charge in [-0.25, -0.2) is 19.1 Å². The Balaban J connectivity index is 1.96. The summed E-state index contributed by atoms with van der Waals surface area (Å²) in [7, 11) is -1.76. The summed E-state index contributed by atoms with van der Waals surface area (Å²) in [5.74, 6) is 0. The predicted molar refractivity (Wildman–Crippen MR) is 109 cm³/mol. The molecule has 0 bridgehead atoms. The lowest BCUT2D eigenvalue weighted by Gasteiger charge is -2.13. The van der Waals surface area contributed by atoms with E-state index in [1.807, 2.05) is 25.3 Å². The smallest absolute Gasteiger partial charge is 0.355 e. The molecule has 0 spiro atoms. The number of nitrogens with one attached hydrogen (secondary N) is 1. The summed E-state index contributed by atoms with van der Waals surface area (Å²) in [6.45, 7) is 5.11. The van der Waals surface area contributed by atoms with Gasteiger partial charge in [-0.05, 0) is 25.8 Å². The van der Waals surface area contributed by atoms with Crippen molar-refractivity contribution in [2.45, 2.75) is 37.1 Å². The summed E-state index contributed by atoms with van der Waals surface area (Å²) >= 11 is 0.958. The van der Waals surface area contributed by atoms with E-state index in [-0.39, 0.29) is 4.34 Å². The molecular weight excluding hydrogens is 400 g/mol. The highest BCUT2D eigenvalue weighted by molar-refractivity contribution is 7.93. The second-order valence-electron chi connectivity index (χ2n) is 6.83. The van der Waals surface area contributed by atoms with Gasteiger partial charge in [-0.1, -0.05) is 19.1 Å². The van der Waals surface area contributed by atoms with Crippen molar-refractivity contribution in [3.63, 3.8) is 0 Å². The molecule has 0 aliphatic rings. The van der Waals surface area contributed by atoms with Gasteiger partial charge in [0.2, 0.25) is 4.34 Å². The third-order valence-corrected chi connectivity index (χ3v) is 7.16. The molecule has 1 aromatic carbocycles. The number of fused-ring (bicyclic) bond motifs is 1. The monoisotopic (exact) mass is 422 g/mol. The maximum atomic E-state index is 12.7. The van der Waals surface area contributed by atoms with Gasteiger partial charge in [0.15, 0.2) is 9.92 Å². The molecule has 3 rings (SSSR count). The van der Waals surface area contributed by atoms with Crippen LogP contribution in [-0.4, -0.2) is 30.1 Å². The van der Waals surface area contributed by atoms with E-state index >= 15 is 0 Å². The molecule has 0 unspecified atom stereocenters. The van der Waals surface area contributed by atoms with E-state index < -0.39 is 21.5 Å². The van der Waals surface area contributed by atoms with Crippen molar-refractivity contribution in [3.8, 4) is 0 Å². The molecule has 11 heteroatoms. The summed E-state index contributed by atoms with van der Waals surface area (Å²) in [6, 6.07) is 2.98. The van der Waals surface area contributed by atoms with Crippen LogP contribution in [0.3, 0.4) is 0 Å². The summed E-state index contributed by atoms with van der Waals surface area (Å²) in [4.78, 5) is 16.9. The fraction of sp³-hybridized carbons (Fsp3) is 0.353. The molecule has 4 N–H and O–H groups in total. The minimum Gasteiger partial charge on any atom is -0.385 e. The standard InChI is InChI=1S/C17H22N6O3S2/c1-5-10-6-7-11-9-23(4)21-14(11)13(10)20-15(24)22-28(18,26)16-19-8-12(27-16)17(2,3)25/h6-9,25H,5H2,1-4H3,(H3,18,20,22,24,26)/t28-/m1/s1. The highest BCUT2D eigenvalue weighted by atomic mass is 32.2. The predicted octanol–water partition coefficient (Wildman–Crippen LogP) is 2.75. The number of benzene rings is 1. The SMILES string of the molecule is CCc1ccc2cn(C)nc2c1NC(=O)N=[S@@](N)(=O)c1ncc(C(C)(C)O)s1. The van der Waals surface area contributed by atoms with Crippen LogP contribution in [0.5, 0.6) is 0 Å². The van der Waals surface area contributed by atoms with Gasteiger partial charge in [-0.2, -0.15) is 5.10 Å². The zero-order valence-electron chi connectivity index (χ0n) is 16.0. The van der Waals surface area contributed by atoms with E-state index in [0.29, 0.717) is 22.5 Å². The molecule has 2 aromatic heterocycles. The van der Waals surface area contributed by atoms with Crippen molar-refractivity contribution in [2.24, 2.45) is 16.5 Å². The Morgan fingerprint density at radius 2 is 2.18 bits per heavy atom. The van der Waals surface area contributed by atoms with Crippen molar-refractivity contribution in [1.82, 2.24) is 14.8 Å². The number of aliphatic hydroxyl groups is 1. The Morgan fingerprint density at radius 3 is 2.79 bits per heavy atom. The summed E-state index contributed by atoms with van der Waals surface area (Å²) in [6.07, 6.45) is 3.88. The van der Waals surface area contributed by atoms with Gasteiger partial charge < -0.3 is 10.4 Å². The van der Waals surface area contributed by atoms with Crippen LogP contribution in [0, 0.1) is 0 Å². The summed E-state index contributed by atoms with van der Waals surface area (Å²) in [5.41, 5.74) is 0.850. The molecule has 28 heavy (non-hydrogen) atoms. The molecule has 3 aromatic rings. The number of carbonyl (C=O) groups excluding carboxylic acids is 1. The Morgan fingerprint density at radius 1 is 1.46 bits per heavy atom. The first-order chi connectivity index (χ1) is 13.0. The lowest BCUT2D eigenvalue weighted by molar-refractivity contribution is 0.0823. The molecule has 0 fully saturated rings. The average Bonchev–Trinajstić information content (AvgIpc) is 3.20. The fourth-order valence-electron chi connectivity index (χ4n) is 2.65. The van der Waals surface area contributed by atoms with Gasteiger partial charge >= 0.3 is 6.03 Å². The van der Waals surface area contributed by atoms with Crippen LogP contribution in [0.25, 0.3) is 10.9 Å². The molecule has 9 nitrogen and oxygen atoms in total. The number of aryl methyl sites for hydroxylation is 2. The lowest BCUT2D eigenvalue weighted by Crippen LogP contribution is -2.18. The largest absolute Gasteiger partial charge is 0.385 e. The number of aromatic nitrogens is 3. The Kier molecular flexibility index (Phi) is 5.28. The molecule has 0 aliphatic carbocycles. The molecule has 2 amide bonds.